The summed E-state index contributed by atoms with van der Waals surface area (Å²) in [6.07, 6.45) is 0.869. The molecule has 136 valence electrons. The summed E-state index contributed by atoms with van der Waals surface area (Å²) < 4.78 is 5.62. The van der Waals surface area contributed by atoms with Crippen LogP contribution in [0.5, 0.6) is 5.75 Å². The first-order chi connectivity index (χ1) is 12.5. The van der Waals surface area contributed by atoms with Crippen LogP contribution in [-0.2, 0) is 11.3 Å². The fourth-order valence-corrected chi connectivity index (χ4v) is 2.97. The second-order valence-corrected chi connectivity index (χ2v) is 6.79. The second kappa shape index (κ2) is 7.79. The van der Waals surface area contributed by atoms with Crippen LogP contribution in [0.25, 0.3) is 0 Å². The first kappa shape index (κ1) is 18.3. The van der Waals surface area contributed by atoms with Crippen LogP contribution in [0.2, 0.25) is 5.02 Å². The summed E-state index contributed by atoms with van der Waals surface area (Å²) in [6.45, 7) is 4.57. The van der Waals surface area contributed by atoms with E-state index in [9.17, 15) is 9.59 Å². The molecule has 0 aromatic heterocycles. The Labute approximate surface area is 157 Å². The van der Waals surface area contributed by atoms with E-state index < -0.39 is 0 Å². The number of fused-ring (bicyclic) bond motifs is 1. The largest absolute Gasteiger partial charge is 0.483 e. The number of carbonyl (C=O) groups is 2. The third-order valence-corrected chi connectivity index (χ3v) is 4.81. The summed E-state index contributed by atoms with van der Waals surface area (Å²) in [7, 11) is 0. The first-order valence-corrected chi connectivity index (χ1v) is 8.98. The van der Waals surface area contributed by atoms with Gasteiger partial charge in [0.25, 0.3) is 11.8 Å². The molecule has 1 atom stereocenters. The van der Waals surface area contributed by atoms with E-state index >= 15 is 0 Å². The van der Waals surface area contributed by atoms with Crippen molar-refractivity contribution in [3.63, 3.8) is 0 Å². The van der Waals surface area contributed by atoms with Gasteiger partial charge in [-0.3, -0.25) is 9.59 Å². The third-order valence-electron chi connectivity index (χ3n) is 4.56. The maximum Gasteiger partial charge on any atom is 0.261 e. The Kier molecular flexibility index (Phi) is 5.47. The standard InChI is InChI=1S/C20H21ClN2O3/c1-3-13(2)23-11-15-10-17(8-9-18(15)26-12-19(23)24)22-20(25)14-4-6-16(21)7-5-14/h4-10,13H,3,11-12H2,1-2H3,(H,22,25). The maximum atomic E-state index is 12.4. The van der Waals surface area contributed by atoms with Gasteiger partial charge in [0.05, 0.1) is 0 Å². The molecule has 0 bridgehead atoms. The molecule has 0 fully saturated rings. The molecule has 1 heterocycles. The van der Waals surface area contributed by atoms with Gasteiger partial charge in [0, 0.05) is 34.4 Å². The monoisotopic (exact) mass is 372 g/mol. The minimum absolute atomic E-state index is 0.0256. The van der Waals surface area contributed by atoms with Gasteiger partial charge in [-0.2, -0.15) is 0 Å². The summed E-state index contributed by atoms with van der Waals surface area (Å²) >= 11 is 5.86. The fourth-order valence-electron chi connectivity index (χ4n) is 2.84. The summed E-state index contributed by atoms with van der Waals surface area (Å²) in [5.74, 6) is 0.432. The van der Waals surface area contributed by atoms with E-state index in [2.05, 4.69) is 5.32 Å². The van der Waals surface area contributed by atoms with Crippen molar-refractivity contribution in [2.45, 2.75) is 32.9 Å². The van der Waals surface area contributed by atoms with Gasteiger partial charge in [0.2, 0.25) is 0 Å². The number of hydrogen-bond acceptors (Lipinski definition) is 3. The molecule has 26 heavy (non-hydrogen) atoms. The third kappa shape index (κ3) is 3.99. The molecular formula is C20H21ClN2O3. The van der Waals surface area contributed by atoms with E-state index in [4.69, 9.17) is 16.3 Å². The lowest BCUT2D eigenvalue weighted by Gasteiger charge is -2.26. The average Bonchev–Trinajstić information content (AvgIpc) is 2.80. The highest BCUT2D eigenvalue weighted by Crippen LogP contribution is 2.28. The Morgan fingerprint density at radius 1 is 1.27 bits per heavy atom. The van der Waals surface area contributed by atoms with Crippen LogP contribution < -0.4 is 10.1 Å². The summed E-state index contributed by atoms with van der Waals surface area (Å²) in [6, 6.07) is 12.3. The Bertz CT molecular complexity index is 820. The van der Waals surface area contributed by atoms with Crippen molar-refractivity contribution in [3.8, 4) is 5.75 Å². The molecule has 0 aliphatic carbocycles. The molecule has 1 aliphatic rings. The number of hydrogen-bond donors (Lipinski definition) is 1. The molecule has 1 N–H and O–H groups in total. The number of benzene rings is 2. The smallest absolute Gasteiger partial charge is 0.261 e. The number of halogens is 1. The van der Waals surface area contributed by atoms with E-state index in [0.717, 1.165) is 12.0 Å². The normalized spacial score (nSPS) is 14.9. The Morgan fingerprint density at radius 2 is 2.00 bits per heavy atom. The number of amides is 2. The van der Waals surface area contributed by atoms with Crippen molar-refractivity contribution in [1.82, 2.24) is 4.90 Å². The average molecular weight is 373 g/mol. The van der Waals surface area contributed by atoms with Gasteiger partial charge in [0.15, 0.2) is 6.61 Å². The van der Waals surface area contributed by atoms with Crippen LogP contribution in [0.1, 0.15) is 36.2 Å². The molecule has 5 nitrogen and oxygen atoms in total. The first-order valence-electron chi connectivity index (χ1n) is 8.60. The molecule has 2 amide bonds. The number of nitrogens with zero attached hydrogens (tertiary/aromatic N) is 1. The van der Waals surface area contributed by atoms with E-state index in [1.165, 1.54) is 0 Å². The molecule has 2 aromatic carbocycles. The molecule has 0 saturated heterocycles. The topological polar surface area (TPSA) is 58.6 Å². The van der Waals surface area contributed by atoms with Gasteiger partial charge in [-0.05, 0) is 55.8 Å². The quantitative estimate of drug-likeness (QED) is 0.878. The van der Waals surface area contributed by atoms with Crippen LogP contribution in [-0.4, -0.2) is 29.4 Å². The van der Waals surface area contributed by atoms with E-state index in [0.29, 0.717) is 28.6 Å². The highest BCUT2D eigenvalue weighted by molar-refractivity contribution is 6.30. The van der Waals surface area contributed by atoms with Crippen molar-refractivity contribution in [1.29, 1.82) is 0 Å². The lowest BCUT2D eigenvalue weighted by atomic mass is 10.1. The van der Waals surface area contributed by atoms with Crippen LogP contribution in [0.4, 0.5) is 5.69 Å². The highest BCUT2D eigenvalue weighted by Gasteiger charge is 2.25. The van der Waals surface area contributed by atoms with Crippen molar-refractivity contribution in [2.24, 2.45) is 0 Å². The van der Waals surface area contributed by atoms with Gasteiger partial charge in [-0.15, -0.1) is 0 Å². The van der Waals surface area contributed by atoms with Gasteiger partial charge in [-0.25, -0.2) is 0 Å². The van der Waals surface area contributed by atoms with Crippen molar-refractivity contribution < 1.29 is 14.3 Å². The summed E-state index contributed by atoms with van der Waals surface area (Å²) in [5, 5.41) is 3.46. The Morgan fingerprint density at radius 3 is 2.69 bits per heavy atom. The number of carbonyl (C=O) groups excluding carboxylic acids is 2. The van der Waals surface area contributed by atoms with Gasteiger partial charge >= 0.3 is 0 Å². The molecule has 1 aliphatic heterocycles. The number of anilines is 1. The van der Waals surface area contributed by atoms with Crippen LogP contribution >= 0.6 is 11.6 Å². The Balaban J connectivity index is 1.80. The molecule has 2 aromatic rings. The maximum absolute atomic E-state index is 12.4. The molecule has 6 heteroatoms. The number of rotatable bonds is 4. The fraction of sp³-hybridized carbons (Fsp3) is 0.300. The predicted molar refractivity (Wildman–Crippen MR) is 102 cm³/mol. The molecule has 0 radical (unpaired) electrons. The molecule has 0 saturated carbocycles. The van der Waals surface area contributed by atoms with Crippen molar-refractivity contribution >= 4 is 29.1 Å². The van der Waals surface area contributed by atoms with E-state index in [1.807, 2.05) is 24.8 Å². The highest BCUT2D eigenvalue weighted by atomic mass is 35.5. The second-order valence-electron chi connectivity index (χ2n) is 6.35. The lowest BCUT2D eigenvalue weighted by Crippen LogP contribution is -2.39. The van der Waals surface area contributed by atoms with E-state index in [-0.39, 0.29) is 24.5 Å². The predicted octanol–water partition coefficient (Wildman–Crippen LogP) is 4.11. The van der Waals surface area contributed by atoms with Crippen molar-refractivity contribution in [3.05, 3.63) is 58.6 Å². The molecule has 3 rings (SSSR count). The SMILES string of the molecule is CCC(C)N1Cc2cc(NC(=O)c3ccc(Cl)cc3)ccc2OCC1=O. The zero-order valence-electron chi connectivity index (χ0n) is 14.8. The lowest BCUT2D eigenvalue weighted by molar-refractivity contribution is -0.135. The molecular weight excluding hydrogens is 352 g/mol. The van der Waals surface area contributed by atoms with Crippen molar-refractivity contribution in [2.75, 3.05) is 11.9 Å². The zero-order chi connectivity index (χ0) is 18.7. The Hall–Kier alpha value is -2.53. The molecule has 1 unspecified atom stereocenters. The van der Waals surface area contributed by atoms with Crippen LogP contribution in [0, 0.1) is 0 Å². The zero-order valence-corrected chi connectivity index (χ0v) is 15.5. The molecule has 0 spiro atoms. The minimum Gasteiger partial charge on any atom is -0.483 e. The van der Waals surface area contributed by atoms with E-state index in [1.54, 1.807) is 36.4 Å². The summed E-state index contributed by atoms with van der Waals surface area (Å²) in [4.78, 5) is 26.5. The van der Waals surface area contributed by atoms with Gasteiger partial charge < -0.3 is 15.0 Å². The minimum atomic E-state index is -0.217. The van der Waals surface area contributed by atoms with Gasteiger partial charge in [-0.1, -0.05) is 18.5 Å². The summed E-state index contributed by atoms with van der Waals surface area (Å²) in [5.41, 5.74) is 2.06. The van der Waals surface area contributed by atoms with Gasteiger partial charge in [0.1, 0.15) is 5.75 Å². The number of ether oxygens (including phenoxy) is 1. The van der Waals surface area contributed by atoms with Crippen LogP contribution in [0.15, 0.2) is 42.5 Å². The number of nitrogens with one attached hydrogen (secondary N) is 1. The van der Waals surface area contributed by atoms with Crippen LogP contribution in [0.3, 0.4) is 0 Å².